The number of nitrogens with zero attached hydrogens (tertiary/aromatic N) is 1. The van der Waals surface area contributed by atoms with Gasteiger partial charge in [0, 0.05) is 29.5 Å². The van der Waals surface area contributed by atoms with Gasteiger partial charge in [0.2, 0.25) is 0 Å². The van der Waals surface area contributed by atoms with Crippen molar-refractivity contribution in [1.82, 2.24) is 10.2 Å². The number of nitrogens with one attached hydrogen (secondary N) is 1. The van der Waals surface area contributed by atoms with Crippen LogP contribution in [0.4, 0.5) is 0 Å². The van der Waals surface area contributed by atoms with Gasteiger partial charge in [-0.2, -0.15) is 0 Å². The number of hydrogen-bond donors (Lipinski definition) is 1. The number of thiophene rings is 1. The molecule has 18 heavy (non-hydrogen) atoms. The van der Waals surface area contributed by atoms with E-state index in [1.165, 1.54) is 37.1 Å². The van der Waals surface area contributed by atoms with Crippen molar-refractivity contribution >= 4 is 11.3 Å². The quantitative estimate of drug-likeness (QED) is 0.880. The van der Waals surface area contributed by atoms with E-state index in [-0.39, 0.29) is 0 Å². The third kappa shape index (κ3) is 2.63. The summed E-state index contributed by atoms with van der Waals surface area (Å²) in [4.78, 5) is 4.08. The Balaban J connectivity index is 1.50. The summed E-state index contributed by atoms with van der Waals surface area (Å²) in [7, 11) is 2.30. The maximum absolute atomic E-state index is 3.74. The Kier molecular flexibility index (Phi) is 3.73. The maximum Gasteiger partial charge on any atom is 0.0112 e. The van der Waals surface area contributed by atoms with Crippen molar-refractivity contribution in [3.63, 3.8) is 0 Å². The summed E-state index contributed by atoms with van der Waals surface area (Å²) >= 11 is 1.88. The molecule has 2 aliphatic rings. The van der Waals surface area contributed by atoms with Gasteiger partial charge in [0.15, 0.2) is 0 Å². The minimum Gasteiger partial charge on any atom is -0.311 e. The van der Waals surface area contributed by atoms with E-state index in [4.69, 9.17) is 0 Å². The van der Waals surface area contributed by atoms with Crippen LogP contribution in [-0.2, 0) is 6.42 Å². The number of rotatable bonds is 5. The Labute approximate surface area is 114 Å². The zero-order valence-electron chi connectivity index (χ0n) is 11.4. The van der Waals surface area contributed by atoms with Crippen molar-refractivity contribution in [2.75, 3.05) is 13.6 Å². The molecule has 2 nitrogen and oxygen atoms in total. The Morgan fingerprint density at radius 2 is 2.39 bits per heavy atom. The van der Waals surface area contributed by atoms with E-state index in [9.17, 15) is 0 Å². The molecule has 0 amide bonds. The van der Waals surface area contributed by atoms with Crippen molar-refractivity contribution in [3.05, 3.63) is 22.4 Å². The van der Waals surface area contributed by atoms with Gasteiger partial charge in [-0.3, -0.25) is 0 Å². The van der Waals surface area contributed by atoms with E-state index in [1.54, 1.807) is 0 Å². The molecule has 0 aromatic carbocycles. The maximum atomic E-state index is 3.74. The van der Waals surface area contributed by atoms with Gasteiger partial charge in [0.05, 0.1) is 0 Å². The smallest absolute Gasteiger partial charge is 0.0112 e. The molecule has 100 valence electrons. The van der Waals surface area contributed by atoms with Crippen LogP contribution in [0.1, 0.15) is 31.1 Å². The zero-order chi connectivity index (χ0) is 12.5. The number of fused-ring (bicyclic) bond motifs is 2. The second-order valence-corrected chi connectivity index (χ2v) is 7.15. The predicted molar refractivity (Wildman–Crippen MR) is 78.2 cm³/mol. The lowest BCUT2D eigenvalue weighted by Crippen LogP contribution is -2.38. The van der Waals surface area contributed by atoms with Gasteiger partial charge >= 0.3 is 0 Å². The summed E-state index contributed by atoms with van der Waals surface area (Å²) < 4.78 is 0. The molecule has 0 spiro atoms. The molecule has 0 radical (unpaired) electrons. The highest BCUT2D eigenvalue weighted by Gasteiger charge is 2.39. The molecule has 4 atom stereocenters. The molecule has 2 aliphatic heterocycles. The van der Waals surface area contributed by atoms with E-state index < -0.39 is 0 Å². The summed E-state index contributed by atoms with van der Waals surface area (Å²) in [5.41, 5.74) is 0. The summed E-state index contributed by atoms with van der Waals surface area (Å²) in [6, 6.07) is 6.72. The summed E-state index contributed by atoms with van der Waals surface area (Å²) in [6.07, 6.45) is 5.42. The first-order chi connectivity index (χ1) is 8.72. The van der Waals surface area contributed by atoms with Gasteiger partial charge in [-0.1, -0.05) is 6.07 Å². The standard InChI is InChI=1S/C15H24N2S/c1-11(8-14-4-3-7-18-14)17(2)10-12-9-13-5-6-15(12)16-13/h3-4,7,11-13,15-16H,5-6,8-10H2,1-2H3. The third-order valence-corrected chi connectivity index (χ3v) is 5.68. The Morgan fingerprint density at radius 1 is 1.50 bits per heavy atom. The van der Waals surface area contributed by atoms with Crippen LogP contribution >= 0.6 is 11.3 Å². The lowest BCUT2D eigenvalue weighted by Gasteiger charge is -2.30. The highest BCUT2D eigenvalue weighted by molar-refractivity contribution is 7.09. The normalized spacial score (nSPS) is 32.3. The minimum atomic E-state index is 0.655. The van der Waals surface area contributed by atoms with Crippen LogP contribution in [-0.4, -0.2) is 36.6 Å². The van der Waals surface area contributed by atoms with Crippen LogP contribution in [0.15, 0.2) is 17.5 Å². The van der Waals surface area contributed by atoms with Crippen LogP contribution < -0.4 is 5.32 Å². The molecule has 1 N–H and O–H groups in total. The molecule has 3 heterocycles. The van der Waals surface area contributed by atoms with E-state index >= 15 is 0 Å². The molecule has 2 fully saturated rings. The van der Waals surface area contributed by atoms with Gasteiger partial charge in [-0.15, -0.1) is 11.3 Å². The molecular formula is C15H24N2S. The molecule has 1 aromatic heterocycles. The SMILES string of the molecule is CC(Cc1cccs1)N(C)CC1CC2CCC1N2. The van der Waals surface area contributed by atoms with Crippen LogP contribution in [0.5, 0.6) is 0 Å². The molecule has 3 heteroatoms. The molecule has 3 rings (SSSR count). The first-order valence-electron chi connectivity index (χ1n) is 7.21. The monoisotopic (exact) mass is 264 g/mol. The third-order valence-electron chi connectivity index (χ3n) is 4.78. The van der Waals surface area contributed by atoms with Crippen molar-refractivity contribution in [2.45, 2.75) is 50.7 Å². The van der Waals surface area contributed by atoms with Gasteiger partial charge in [0.1, 0.15) is 0 Å². The Bertz CT molecular complexity index is 376. The summed E-state index contributed by atoms with van der Waals surface area (Å²) in [6.45, 7) is 3.63. The van der Waals surface area contributed by atoms with Gasteiger partial charge in [-0.05, 0) is 57.0 Å². The van der Waals surface area contributed by atoms with Gasteiger partial charge < -0.3 is 10.2 Å². The second kappa shape index (κ2) is 5.32. The molecular weight excluding hydrogens is 240 g/mol. The van der Waals surface area contributed by atoms with E-state index in [0.717, 1.165) is 18.0 Å². The molecule has 0 saturated carbocycles. The molecule has 2 bridgehead atoms. The second-order valence-electron chi connectivity index (χ2n) is 6.12. The molecule has 1 aromatic rings. The largest absolute Gasteiger partial charge is 0.311 e. The highest BCUT2D eigenvalue weighted by Crippen LogP contribution is 2.33. The molecule has 2 saturated heterocycles. The lowest BCUT2D eigenvalue weighted by molar-refractivity contribution is 0.200. The predicted octanol–water partition coefficient (Wildman–Crippen LogP) is 2.75. The first kappa shape index (κ1) is 12.6. The number of hydrogen-bond acceptors (Lipinski definition) is 3. The molecule has 4 unspecified atom stereocenters. The van der Waals surface area contributed by atoms with E-state index in [1.807, 2.05) is 11.3 Å². The fourth-order valence-electron chi connectivity index (χ4n) is 3.56. The van der Waals surface area contributed by atoms with Crippen LogP contribution in [0, 0.1) is 5.92 Å². The zero-order valence-corrected chi connectivity index (χ0v) is 12.2. The lowest BCUT2D eigenvalue weighted by atomic mass is 9.88. The van der Waals surface area contributed by atoms with Gasteiger partial charge in [-0.25, -0.2) is 0 Å². The average Bonchev–Trinajstić information content (AvgIpc) is 3.04. The highest BCUT2D eigenvalue weighted by atomic mass is 32.1. The fraction of sp³-hybridized carbons (Fsp3) is 0.733. The average molecular weight is 264 g/mol. The summed E-state index contributed by atoms with van der Waals surface area (Å²) in [5, 5.41) is 5.93. The van der Waals surface area contributed by atoms with Crippen LogP contribution in [0.3, 0.4) is 0 Å². The van der Waals surface area contributed by atoms with Crippen molar-refractivity contribution in [2.24, 2.45) is 5.92 Å². The van der Waals surface area contributed by atoms with E-state index in [2.05, 4.69) is 41.7 Å². The minimum absolute atomic E-state index is 0.655. The van der Waals surface area contributed by atoms with Gasteiger partial charge in [0.25, 0.3) is 0 Å². The Morgan fingerprint density at radius 3 is 3.00 bits per heavy atom. The van der Waals surface area contributed by atoms with Crippen molar-refractivity contribution in [3.8, 4) is 0 Å². The van der Waals surface area contributed by atoms with Crippen molar-refractivity contribution < 1.29 is 0 Å². The summed E-state index contributed by atoms with van der Waals surface area (Å²) in [5.74, 6) is 0.888. The Hall–Kier alpha value is -0.380. The fourth-order valence-corrected chi connectivity index (χ4v) is 4.39. The van der Waals surface area contributed by atoms with E-state index in [0.29, 0.717) is 6.04 Å². The van der Waals surface area contributed by atoms with Crippen LogP contribution in [0.25, 0.3) is 0 Å². The van der Waals surface area contributed by atoms with Crippen LogP contribution in [0.2, 0.25) is 0 Å². The van der Waals surface area contributed by atoms with Crippen molar-refractivity contribution in [1.29, 1.82) is 0 Å². The first-order valence-corrected chi connectivity index (χ1v) is 8.09. The number of likely N-dealkylation sites (N-methyl/N-ethyl adjacent to an activating group) is 1. The topological polar surface area (TPSA) is 15.3 Å². The molecule has 0 aliphatic carbocycles.